The topological polar surface area (TPSA) is 92.8 Å². The van der Waals surface area contributed by atoms with Crippen LogP contribution in [0, 0.1) is 12.7 Å². The van der Waals surface area contributed by atoms with Crippen molar-refractivity contribution in [3.63, 3.8) is 0 Å². The van der Waals surface area contributed by atoms with Crippen molar-refractivity contribution in [2.45, 2.75) is 19.4 Å². The molecule has 0 aromatic heterocycles. The Bertz CT molecular complexity index is 448. The van der Waals surface area contributed by atoms with Crippen LogP contribution in [0.4, 0.5) is 4.39 Å². The van der Waals surface area contributed by atoms with Gasteiger partial charge in [-0.15, -0.1) is 0 Å². The standard InChI is InChI=1S/C11H14FNO4/c1-5-3-6(7(13)4-8(14)15)9(12)11(17-2)10(5)16/h3,7,16H,4,13H2,1-2H3,(H,14,15). The molecule has 94 valence electrons. The van der Waals surface area contributed by atoms with Crippen LogP contribution in [0.5, 0.6) is 11.5 Å². The number of hydrogen-bond donors (Lipinski definition) is 3. The van der Waals surface area contributed by atoms with E-state index in [1.807, 2.05) is 0 Å². The van der Waals surface area contributed by atoms with E-state index in [0.29, 0.717) is 5.56 Å². The zero-order valence-corrected chi connectivity index (χ0v) is 9.53. The molecule has 0 radical (unpaired) electrons. The number of aromatic hydroxyl groups is 1. The molecule has 5 nitrogen and oxygen atoms in total. The minimum absolute atomic E-state index is 0.0135. The van der Waals surface area contributed by atoms with Crippen LogP contribution < -0.4 is 10.5 Å². The van der Waals surface area contributed by atoms with Gasteiger partial charge in [-0.2, -0.15) is 0 Å². The lowest BCUT2D eigenvalue weighted by Gasteiger charge is -2.15. The zero-order valence-electron chi connectivity index (χ0n) is 9.53. The van der Waals surface area contributed by atoms with Gasteiger partial charge < -0.3 is 20.7 Å². The molecule has 1 aromatic carbocycles. The molecule has 0 saturated heterocycles. The van der Waals surface area contributed by atoms with Gasteiger partial charge in [0, 0.05) is 11.6 Å². The Morgan fingerprint density at radius 1 is 1.65 bits per heavy atom. The number of aryl methyl sites for hydroxylation is 1. The number of phenols is 1. The monoisotopic (exact) mass is 243 g/mol. The van der Waals surface area contributed by atoms with Crippen molar-refractivity contribution in [3.05, 3.63) is 23.0 Å². The fourth-order valence-electron chi connectivity index (χ4n) is 1.53. The van der Waals surface area contributed by atoms with Gasteiger partial charge in [0.05, 0.1) is 13.5 Å². The smallest absolute Gasteiger partial charge is 0.305 e. The van der Waals surface area contributed by atoms with E-state index in [9.17, 15) is 14.3 Å². The number of hydrogen-bond acceptors (Lipinski definition) is 4. The summed E-state index contributed by atoms with van der Waals surface area (Å²) in [5.74, 6) is -2.58. The summed E-state index contributed by atoms with van der Waals surface area (Å²) in [5.41, 5.74) is 5.97. The molecule has 0 fully saturated rings. The van der Waals surface area contributed by atoms with Crippen LogP contribution >= 0.6 is 0 Å². The molecule has 0 aliphatic rings. The number of methoxy groups -OCH3 is 1. The fraction of sp³-hybridized carbons (Fsp3) is 0.364. The van der Waals surface area contributed by atoms with Crippen LogP contribution in [0.2, 0.25) is 0 Å². The van der Waals surface area contributed by atoms with Gasteiger partial charge in [0.1, 0.15) is 0 Å². The summed E-state index contributed by atoms with van der Waals surface area (Å²) < 4.78 is 18.6. The molecule has 17 heavy (non-hydrogen) atoms. The molecule has 0 spiro atoms. The SMILES string of the molecule is COc1c(O)c(C)cc(C(N)CC(=O)O)c1F. The van der Waals surface area contributed by atoms with Crippen molar-refractivity contribution in [1.29, 1.82) is 0 Å². The summed E-state index contributed by atoms with van der Waals surface area (Å²) in [5, 5.41) is 18.1. The van der Waals surface area contributed by atoms with Crippen molar-refractivity contribution in [2.24, 2.45) is 5.73 Å². The Balaban J connectivity index is 3.25. The Morgan fingerprint density at radius 2 is 2.24 bits per heavy atom. The molecule has 4 N–H and O–H groups in total. The molecule has 1 atom stereocenters. The van der Waals surface area contributed by atoms with E-state index in [2.05, 4.69) is 0 Å². The third-order valence-electron chi connectivity index (χ3n) is 2.41. The zero-order chi connectivity index (χ0) is 13.2. The molecule has 1 unspecified atom stereocenters. The maximum absolute atomic E-state index is 13.9. The van der Waals surface area contributed by atoms with Crippen molar-refractivity contribution in [2.75, 3.05) is 7.11 Å². The van der Waals surface area contributed by atoms with Crippen LogP contribution in [0.15, 0.2) is 6.07 Å². The first kappa shape index (κ1) is 13.2. The molecule has 6 heteroatoms. The van der Waals surface area contributed by atoms with Gasteiger partial charge in [0.2, 0.25) is 0 Å². The van der Waals surface area contributed by atoms with E-state index >= 15 is 0 Å². The number of ether oxygens (including phenoxy) is 1. The lowest BCUT2D eigenvalue weighted by molar-refractivity contribution is -0.137. The molecule has 0 aliphatic carbocycles. The first-order valence-corrected chi connectivity index (χ1v) is 4.91. The fourth-order valence-corrected chi connectivity index (χ4v) is 1.53. The maximum Gasteiger partial charge on any atom is 0.305 e. The minimum atomic E-state index is -1.12. The first-order valence-electron chi connectivity index (χ1n) is 4.91. The van der Waals surface area contributed by atoms with Gasteiger partial charge in [-0.1, -0.05) is 0 Å². The number of carboxylic acids is 1. The van der Waals surface area contributed by atoms with E-state index in [1.54, 1.807) is 6.92 Å². The van der Waals surface area contributed by atoms with E-state index in [4.69, 9.17) is 15.6 Å². The van der Waals surface area contributed by atoms with Crippen molar-refractivity contribution >= 4 is 5.97 Å². The summed E-state index contributed by atoms with van der Waals surface area (Å²) in [6, 6.07) is 0.335. The molecular weight excluding hydrogens is 229 g/mol. The molecule has 1 aromatic rings. The highest BCUT2D eigenvalue weighted by atomic mass is 19.1. The van der Waals surface area contributed by atoms with E-state index in [-0.39, 0.29) is 17.1 Å². The predicted octanol–water partition coefficient (Wildman–Crippen LogP) is 1.32. The first-order chi connectivity index (χ1) is 7.88. The number of rotatable bonds is 4. The Kier molecular flexibility index (Phi) is 3.90. The second-order valence-corrected chi connectivity index (χ2v) is 3.68. The van der Waals surface area contributed by atoms with Crippen LogP contribution in [-0.2, 0) is 4.79 Å². The molecule has 1 rings (SSSR count). The van der Waals surface area contributed by atoms with Crippen molar-refractivity contribution < 1.29 is 24.1 Å². The highest BCUT2D eigenvalue weighted by Gasteiger charge is 2.22. The van der Waals surface area contributed by atoms with Gasteiger partial charge >= 0.3 is 5.97 Å². The summed E-state index contributed by atoms with van der Waals surface area (Å²) in [4.78, 5) is 10.5. The number of halogens is 1. The van der Waals surface area contributed by atoms with Crippen molar-refractivity contribution in [1.82, 2.24) is 0 Å². The van der Waals surface area contributed by atoms with Gasteiger partial charge in [-0.05, 0) is 18.6 Å². The number of phenolic OH excluding ortho intramolecular Hbond substituents is 1. The second kappa shape index (κ2) is 5.01. The van der Waals surface area contributed by atoms with Gasteiger partial charge in [0.25, 0.3) is 0 Å². The normalized spacial score (nSPS) is 12.2. The average Bonchev–Trinajstić information content (AvgIpc) is 2.23. The summed E-state index contributed by atoms with van der Waals surface area (Å²) in [7, 11) is 1.21. The van der Waals surface area contributed by atoms with Gasteiger partial charge in [0.15, 0.2) is 17.3 Å². The number of carbonyl (C=O) groups is 1. The summed E-state index contributed by atoms with van der Waals surface area (Å²) in [6.45, 7) is 1.55. The summed E-state index contributed by atoms with van der Waals surface area (Å²) >= 11 is 0. The highest BCUT2D eigenvalue weighted by Crippen LogP contribution is 2.36. The molecular formula is C11H14FNO4. The highest BCUT2D eigenvalue weighted by molar-refractivity contribution is 5.68. The Hall–Kier alpha value is -1.82. The second-order valence-electron chi connectivity index (χ2n) is 3.68. The molecule has 0 saturated carbocycles. The summed E-state index contributed by atoms with van der Waals surface area (Å²) in [6.07, 6.45) is -0.399. The van der Waals surface area contributed by atoms with E-state index in [0.717, 1.165) is 0 Å². The lowest BCUT2D eigenvalue weighted by Crippen LogP contribution is -2.17. The average molecular weight is 243 g/mol. The Labute approximate surface area is 97.6 Å². The predicted molar refractivity (Wildman–Crippen MR) is 58.5 cm³/mol. The van der Waals surface area contributed by atoms with Crippen LogP contribution in [-0.4, -0.2) is 23.3 Å². The lowest BCUT2D eigenvalue weighted by atomic mass is 10.0. The number of nitrogens with two attached hydrogens (primary N) is 1. The quantitative estimate of drug-likeness (QED) is 0.741. The van der Waals surface area contributed by atoms with Crippen LogP contribution in [0.3, 0.4) is 0 Å². The number of carboxylic acid groups (broad SMARTS) is 1. The molecule has 0 amide bonds. The van der Waals surface area contributed by atoms with Crippen LogP contribution in [0.1, 0.15) is 23.6 Å². The minimum Gasteiger partial charge on any atom is -0.504 e. The largest absolute Gasteiger partial charge is 0.504 e. The maximum atomic E-state index is 13.9. The Morgan fingerprint density at radius 3 is 2.71 bits per heavy atom. The van der Waals surface area contributed by atoms with Crippen molar-refractivity contribution in [3.8, 4) is 11.5 Å². The van der Waals surface area contributed by atoms with E-state index < -0.39 is 24.2 Å². The van der Waals surface area contributed by atoms with Gasteiger partial charge in [-0.3, -0.25) is 4.79 Å². The number of aliphatic carboxylic acids is 1. The third-order valence-corrected chi connectivity index (χ3v) is 2.41. The third kappa shape index (κ3) is 2.65. The molecule has 0 heterocycles. The number of benzene rings is 1. The van der Waals surface area contributed by atoms with E-state index in [1.165, 1.54) is 13.2 Å². The molecule has 0 bridgehead atoms. The molecule has 0 aliphatic heterocycles. The van der Waals surface area contributed by atoms with Gasteiger partial charge in [-0.25, -0.2) is 4.39 Å². The van der Waals surface area contributed by atoms with Crippen LogP contribution in [0.25, 0.3) is 0 Å².